The first kappa shape index (κ1) is 20.4. The molecule has 2 heterocycles. The van der Waals surface area contributed by atoms with Gasteiger partial charge >= 0.3 is 13.3 Å². The van der Waals surface area contributed by atoms with Gasteiger partial charge in [-0.1, -0.05) is 37.5 Å². The van der Waals surface area contributed by atoms with Gasteiger partial charge in [0.25, 0.3) is 0 Å². The van der Waals surface area contributed by atoms with E-state index in [1.807, 2.05) is 4.90 Å². The van der Waals surface area contributed by atoms with E-state index in [9.17, 15) is 28.0 Å². The molecule has 0 radical (unpaired) electrons. The standard InChI is InChI=1S/C20H24BF3N2O3/c22-20(23,24)16-8-4-7-15-17(16)25-18(27)19(15,13-5-2-1-3-6-13)26-11-9-14(10-12-26)21(28)29/h4,7-9,13,28-29H,1-3,5-6,10-12H2,(H,25,27)/t19-/m0/s1. The third-order valence-electron chi connectivity index (χ3n) is 6.64. The summed E-state index contributed by atoms with van der Waals surface area (Å²) in [5.41, 5.74) is -1.25. The van der Waals surface area contributed by atoms with Crippen LogP contribution >= 0.6 is 0 Å². The average molecular weight is 408 g/mol. The number of hydrogen-bond acceptors (Lipinski definition) is 4. The second-order valence-electron chi connectivity index (χ2n) is 8.13. The molecule has 1 fully saturated rings. The van der Waals surface area contributed by atoms with Crippen LogP contribution in [0.15, 0.2) is 29.7 Å². The number of carbonyl (C=O) groups is 1. The maximum absolute atomic E-state index is 13.6. The lowest BCUT2D eigenvalue weighted by Gasteiger charge is -2.47. The Balaban J connectivity index is 1.84. The van der Waals surface area contributed by atoms with Gasteiger partial charge in [-0.3, -0.25) is 9.69 Å². The highest BCUT2D eigenvalue weighted by Crippen LogP contribution is 2.53. The number of amides is 1. The topological polar surface area (TPSA) is 72.8 Å². The predicted octanol–water partition coefficient (Wildman–Crippen LogP) is 3.08. The molecule has 0 unspecified atom stereocenters. The van der Waals surface area contributed by atoms with Gasteiger partial charge in [-0.15, -0.1) is 0 Å². The van der Waals surface area contributed by atoms with Crippen LogP contribution in [0.1, 0.15) is 49.7 Å². The first-order chi connectivity index (χ1) is 13.8. The van der Waals surface area contributed by atoms with Crippen molar-refractivity contribution < 1.29 is 28.0 Å². The summed E-state index contributed by atoms with van der Waals surface area (Å²) in [6, 6.07) is 4.02. The summed E-state index contributed by atoms with van der Waals surface area (Å²) in [5.74, 6) is -0.493. The van der Waals surface area contributed by atoms with Crippen LogP contribution in [-0.2, 0) is 16.5 Å². The van der Waals surface area contributed by atoms with Crippen molar-refractivity contribution in [1.82, 2.24) is 4.90 Å². The Morgan fingerprint density at radius 1 is 1.17 bits per heavy atom. The van der Waals surface area contributed by atoms with Gasteiger partial charge in [0, 0.05) is 18.7 Å². The lowest BCUT2D eigenvalue weighted by molar-refractivity contribution is -0.137. The Bertz CT molecular complexity index is 837. The normalized spacial score (nSPS) is 26.1. The summed E-state index contributed by atoms with van der Waals surface area (Å²) in [6.45, 7) is 0.662. The molecule has 3 aliphatic rings. The quantitative estimate of drug-likeness (QED) is 0.673. The Kier molecular flexibility index (Phi) is 5.25. The predicted molar refractivity (Wildman–Crippen MR) is 103 cm³/mol. The van der Waals surface area contributed by atoms with Gasteiger partial charge in [0.2, 0.25) is 5.91 Å². The molecule has 9 heteroatoms. The number of halogens is 3. The number of fused-ring (bicyclic) bond motifs is 1. The van der Waals surface area contributed by atoms with Gasteiger partial charge in [0.1, 0.15) is 5.54 Å². The van der Waals surface area contributed by atoms with Crippen molar-refractivity contribution in [2.24, 2.45) is 5.92 Å². The summed E-state index contributed by atoms with van der Waals surface area (Å²) >= 11 is 0. The molecule has 4 rings (SSSR count). The lowest BCUT2D eigenvalue weighted by atomic mass is 9.68. The van der Waals surface area contributed by atoms with E-state index in [0.717, 1.165) is 38.2 Å². The molecule has 156 valence electrons. The fourth-order valence-corrected chi connectivity index (χ4v) is 5.31. The number of para-hydroxylation sites is 1. The average Bonchev–Trinajstić information content (AvgIpc) is 3.00. The molecule has 1 atom stereocenters. The van der Waals surface area contributed by atoms with Crippen molar-refractivity contribution in [2.45, 2.75) is 50.2 Å². The Labute approximate surface area is 167 Å². The number of benzene rings is 1. The van der Waals surface area contributed by atoms with Crippen LogP contribution in [0.25, 0.3) is 0 Å². The van der Waals surface area contributed by atoms with Crippen LogP contribution in [0.2, 0.25) is 0 Å². The first-order valence-corrected chi connectivity index (χ1v) is 10.1. The third kappa shape index (κ3) is 3.29. The number of nitrogens with one attached hydrogen (secondary N) is 1. The van der Waals surface area contributed by atoms with E-state index in [1.165, 1.54) is 6.07 Å². The van der Waals surface area contributed by atoms with Gasteiger partial charge in [-0.25, -0.2) is 0 Å². The van der Waals surface area contributed by atoms with Gasteiger partial charge in [-0.2, -0.15) is 13.2 Å². The van der Waals surface area contributed by atoms with Gasteiger partial charge < -0.3 is 15.4 Å². The van der Waals surface area contributed by atoms with Crippen LogP contribution in [0, 0.1) is 5.92 Å². The fraction of sp³-hybridized carbons (Fsp3) is 0.550. The minimum Gasteiger partial charge on any atom is -0.423 e. The number of carbonyl (C=O) groups excluding carboxylic acids is 1. The molecular weight excluding hydrogens is 384 g/mol. The first-order valence-electron chi connectivity index (χ1n) is 10.1. The number of nitrogens with zero attached hydrogens (tertiary/aromatic N) is 1. The third-order valence-corrected chi connectivity index (χ3v) is 6.64. The van der Waals surface area contributed by atoms with Crippen LogP contribution in [0.4, 0.5) is 18.9 Å². The molecule has 0 saturated heterocycles. The Hall–Kier alpha value is -1.84. The highest BCUT2D eigenvalue weighted by atomic mass is 19.4. The van der Waals surface area contributed by atoms with Gasteiger partial charge in [-0.05, 0) is 36.7 Å². The summed E-state index contributed by atoms with van der Waals surface area (Å²) in [4.78, 5) is 15.3. The van der Waals surface area contributed by atoms with E-state index in [4.69, 9.17) is 0 Å². The van der Waals surface area contributed by atoms with Crippen LogP contribution in [0.3, 0.4) is 0 Å². The minimum atomic E-state index is -4.56. The molecule has 1 aromatic carbocycles. The van der Waals surface area contributed by atoms with Crippen molar-refractivity contribution >= 4 is 18.7 Å². The van der Waals surface area contributed by atoms with Crippen molar-refractivity contribution in [3.63, 3.8) is 0 Å². The maximum Gasteiger partial charge on any atom is 0.483 e. The molecule has 0 bridgehead atoms. The summed E-state index contributed by atoms with van der Waals surface area (Å²) < 4.78 is 40.8. The van der Waals surface area contributed by atoms with Crippen LogP contribution < -0.4 is 5.32 Å². The molecule has 0 spiro atoms. The maximum atomic E-state index is 13.6. The molecule has 29 heavy (non-hydrogen) atoms. The molecule has 1 aromatic rings. The molecule has 0 aromatic heterocycles. The molecule has 5 nitrogen and oxygen atoms in total. The monoisotopic (exact) mass is 408 g/mol. The molecule has 1 amide bonds. The molecule has 3 N–H and O–H groups in total. The highest BCUT2D eigenvalue weighted by Gasteiger charge is 2.57. The van der Waals surface area contributed by atoms with E-state index in [-0.39, 0.29) is 18.2 Å². The summed E-state index contributed by atoms with van der Waals surface area (Å²) in [5, 5.41) is 21.5. The minimum absolute atomic E-state index is 0.0880. The van der Waals surface area contributed by atoms with Crippen LogP contribution in [-0.4, -0.2) is 41.1 Å². The largest absolute Gasteiger partial charge is 0.483 e. The smallest absolute Gasteiger partial charge is 0.423 e. The van der Waals surface area contributed by atoms with E-state index in [1.54, 1.807) is 12.1 Å². The summed E-state index contributed by atoms with van der Waals surface area (Å²) in [6.07, 6.45) is 1.97. The van der Waals surface area contributed by atoms with E-state index < -0.39 is 30.3 Å². The van der Waals surface area contributed by atoms with Gasteiger partial charge in [0.05, 0.1) is 11.3 Å². The fourth-order valence-electron chi connectivity index (χ4n) is 5.31. The van der Waals surface area contributed by atoms with Crippen LogP contribution in [0.5, 0.6) is 0 Å². The number of rotatable bonds is 3. The second kappa shape index (κ2) is 7.45. The molecule has 1 aliphatic carbocycles. The van der Waals surface area contributed by atoms with Gasteiger partial charge in [0.15, 0.2) is 0 Å². The lowest BCUT2D eigenvalue weighted by Crippen LogP contribution is -2.57. The van der Waals surface area contributed by atoms with Crippen molar-refractivity contribution in [2.75, 3.05) is 18.4 Å². The van der Waals surface area contributed by atoms with Crippen molar-refractivity contribution in [3.05, 3.63) is 40.9 Å². The zero-order chi connectivity index (χ0) is 20.8. The molecule has 1 saturated carbocycles. The molecule has 2 aliphatic heterocycles. The van der Waals surface area contributed by atoms with E-state index in [2.05, 4.69) is 5.32 Å². The number of alkyl halides is 3. The zero-order valence-corrected chi connectivity index (χ0v) is 16.0. The Morgan fingerprint density at radius 2 is 1.90 bits per heavy atom. The zero-order valence-electron chi connectivity index (χ0n) is 16.0. The van der Waals surface area contributed by atoms with Crippen molar-refractivity contribution in [1.29, 1.82) is 0 Å². The van der Waals surface area contributed by atoms with E-state index >= 15 is 0 Å². The number of anilines is 1. The summed E-state index contributed by atoms with van der Waals surface area (Å²) in [7, 11) is -1.55. The second-order valence-corrected chi connectivity index (χ2v) is 8.13. The SMILES string of the molecule is O=C1Nc2c(C(F)(F)F)cccc2[C@]1(C1CCCCC1)N1CC=C(B(O)O)CC1. The highest BCUT2D eigenvalue weighted by molar-refractivity contribution is 6.50. The van der Waals surface area contributed by atoms with Crippen molar-refractivity contribution in [3.8, 4) is 0 Å². The number of hydrogen-bond donors (Lipinski definition) is 3. The molecular formula is C20H24BF3N2O3. The Morgan fingerprint density at radius 3 is 2.48 bits per heavy atom. The van der Waals surface area contributed by atoms with E-state index in [0.29, 0.717) is 24.0 Å².